The first kappa shape index (κ1) is 15.4. The van der Waals surface area contributed by atoms with E-state index < -0.39 is 0 Å². The molecule has 0 unspecified atom stereocenters. The van der Waals surface area contributed by atoms with E-state index in [0.29, 0.717) is 12.6 Å². The van der Waals surface area contributed by atoms with Gasteiger partial charge in [0, 0.05) is 26.7 Å². The Morgan fingerprint density at radius 3 is 2.76 bits per heavy atom. The van der Waals surface area contributed by atoms with Crippen LogP contribution in [0.2, 0.25) is 0 Å². The Kier molecular flexibility index (Phi) is 5.60. The number of aromatic nitrogens is 1. The van der Waals surface area contributed by atoms with Gasteiger partial charge in [0.1, 0.15) is 5.82 Å². The lowest BCUT2D eigenvalue weighted by Crippen LogP contribution is -2.42. The van der Waals surface area contributed by atoms with Crippen LogP contribution in [0.5, 0.6) is 0 Å². The average Bonchev–Trinajstić information content (AvgIpc) is 2.98. The molecule has 0 amide bonds. The normalized spacial score (nSPS) is 15.3. The van der Waals surface area contributed by atoms with Gasteiger partial charge in [-0.25, -0.2) is 9.98 Å². The molecule has 5 heteroatoms. The third kappa shape index (κ3) is 4.77. The number of hydrogen-bond acceptors (Lipinski definition) is 3. The van der Waals surface area contributed by atoms with E-state index in [1.165, 1.54) is 0 Å². The minimum atomic E-state index is 0.462. The molecule has 0 bridgehead atoms. The van der Waals surface area contributed by atoms with E-state index in [0.717, 1.165) is 36.9 Å². The standard InChI is InChI=1S/C16H25N5/c1-4-17-16(20-13-8-5-6-9-13)18-12-14-10-7-11-15(19-14)21(2)3/h5-7,10-11,13H,4,8-9,12H2,1-3H3,(H2,17,18,20). The number of pyridine rings is 1. The van der Waals surface area contributed by atoms with Crippen LogP contribution in [-0.4, -0.2) is 37.6 Å². The third-order valence-corrected chi connectivity index (χ3v) is 3.34. The Bertz CT molecular complexity index is 499. The van der Waals surface area contributed by atoms with Crippen LogP contribution in [0.15, 0.2) is 35.3 Å². The van der Waals surface area contributed by atoms with Crippen molar-refractivity contribution >= 4 is 11.8 Å². The van der Waals surface area contributed by atoms with Crippen LogP contribution in [0.25, 0.3) is 0 Å². The van der Waals surface area contributed by atoms with Crippen molar-refractivity contribution in [2.24, 2.45) is 4.99 Å². The summed E-state index contributed by atoms with van der Waals surface area (Å²) in [4.78, 5) is 11.2. The molecular weight excluding hydrogens is 262 g/mol. The fourth-order valence-electron chi connectivity index (χ4n) is 2.21. The van der Waals surface area contributed by atoms with E-state index >= 15 is 0 Å². The van der Waals surface area contributed by atoms with Crippen molar-refractivity contribution in [3.8, 4) is 0 Å². The molecule has 1 aliphatic rings. The van der Waals surface area contributed by atoms with E-state index in [2.05, 4.69) is 39.7 Å². The molecule has 0 radical (unpaired) electrons. The number of guanidine groups is 1. The molecular formula is C16H25N5. The van der Waals surface area contributed by atoms with E-state index in [-0.39, 0.29) is 0 Å². The molecule has 0 spiro atoms. The van der Waals surface area contributed by atoms with Crippen LogP contribution >= 0.6 is 0 Å². The van der Waals surface area contributed by atoms with Gasteiger partial charge in [0.05, 0.1) is 12.2 Å². The Morgan fingerprint density at radius 1 is 1.33 bits per heavy atom. The molecule has 21 heavy (non-hydrogen) atoms. The number of aliphatic imine (C=N–C) groups is 1. The van der Waals surface area contributed by atoms with Crippen molar-refractivity contribution < 1.29 is 0 Å². The van der Waals surface area contributed by atoms with Gasteiger partial charge in [-0.3, -0.25) is 0 Å². The lowest BCUT2D eigenvalue weighted by Gasteiger charge is -2.17. The lowest BCUT2D eigenvalue weighted by atomic mass is 10.2. The first-order valence-corrected chi connectivity index (χ1v) is 7.52. The fourth-order valence-corrected chi connectivity index (χ4v) is 2.21. The SMILES string of the molecule is CCNC(=NCc1cccc(N(C)C)n1)NC1CC=CC1. The summed E-state index contributed by atoms with van der Waals surface area (Å²) in [5, 5.41) is 6.75. The highest BCUT2D eigenvalue weighted by Crippen LogP contribution is 2.10. The molecule has 5 nitrogen and oxygen atoms in total. The summed E-state index contributed by atoms with van der Waals surface area (Å²) < 4.78 is 0. The topological polar surface area (TPSA) is 52.6 Å². The highest BCUT2D eigenvalue weighted by atomic mass is 15.2. The van der Waals surface area contributed by atoms with Gasteiger partial charge in [-0.1, -0.05) is 18.2 Å². The predicted molar refractivity (Wildman–Crippen MR) is 88.7 cm³/mol. The molecule has 0 aromatic carbocycles. The molecule has 1 aliphatic carbocycles. The van der Waals surface area contributed by atoms with Crippen LogP contribution in [0.4, 0.5) is 5.82 Å². The molecule has 0 fully saturated rings. The lowest BCUT2D eigenvalue weighted by molar-refractivity contribution is 0.633. The molecule has 0 atom stereocenters. The number of rotatable bonds is 5. The number of nitrogens with one attached hydrogen (secondary N) is 2. The second-order valence-corrected chi connectivity index (χ2v) is 5.36. The summed E-state index contributed by atoms with van der Waals surface area (Å²) in [5.74, 6) is 1.82. The zero-order chi connectivity index (χ0) is 15.1. The third-order valence-electron chi connectivity index (χ3n) is 3.34. The van der Waals surface area contributed by atoms with Crippen LogP contribution < -0.4 is 15.5 Å². The molecule has 1 heterocycles. The van der Waals surface area contributed by atoms with E-state index in [4.69, 9.17) is 0 Å². The van der Waals surface area contributed by atoms with Gasteiger partial charge >= 0.3 is 0 Å². The van der Waals surface area contributed by atoms with Crippen molar-refractivity contribution in [1.29, 1.82) is 0 Å². The molecule has 0 saturated carbocycles. The Balaban J connectivity index is 1.99. The largest absolute Gasteiger partial charge is 0.363 e. The summed E-state index contributed by atoms with van der Waals surface area (Å²) in [7, 11) is 3.99. The van der Waals surface area contributed by atoms with E-state index in [1.807, 2.05) is 37.2 Å². The molecule has 1 aromatic heterocycles. The summed E-state index contributed by atoms with van der Waals surface area (Å²) in [6.07, 6.45) is 6.56. The van der Waals surface area contributed by atoms with Gasteiger partial charge in [0.2, 0.25) is 0 Å². The van der Waals surface area contributed by atoms with Crippen LogP contribution in [0.3, 0.4) is 0 Å². The number of anilines is 1. The number of nitrogens with zero attached hydrogens (tertiary/aromatic N) is 3. The fraction of sp³-hybridized carbons (Fsp3) is 0.500. The maximum absolute atomic E-state index is 4.63. The van der Waals surface area contributed by atoms with E-state index in [9.17, 15) is 0 Å². The molecule has 114 valence electrons. The predicted octanol–water partition coefficient (Wildman–Crippen LogP) is 1.92. The monoisotopic (exact) mass is 287 g/mol. The van der Waals surface area contributed by atoms with E-state index in [1.54, 1.807) is 0 Å². The average molecular weight is 287 g/mol. The van der Waals surface area contributed by atoms with Crippen molar-refractivity contribution in [3.05, 3.63) is 36.0 Å². The van der Waals surface area contributed by atoms with Crippen LogP contribution in [0.1, 0.15) is 25.5 Å². The van der Waals surface area contributed by atoms with Gasteiger partial charge in [-0.15, -0.1) is 0 Å². The van der Waals surface area contributed by atoms with Gasteiger partial charge < -0.3 is 15.5 Å². The smallest absolute Gasteiger partial charge is 0.191 e. The van der Waals surface area contributed by atoms with Crippen LogP contribution in [0, 0.1) is 0 Å². The maximum atomic E-state index is 4.63. The van der Waals surface area contributed by atoms with Crippen molar-refractivity contribution in [1.82, 2.24) is 15.6 Å². The summed E-state index contributed by atoms with van der Waals surface area (Å²) in [6.45, 7) is 3.52. The minimum absolute atomic E-state index is 0.462. The summed E-state index contributed by atoms with van der Waals surface area (Å²) in [5.41, 5.74) is 0.975. The molecule has 2 rings (SSSR count). The highest BCUT2D eigenvalue weighted by Gasteiger charge is 2.11. The highest BCUT2D eigenvalue weighted by molar-refractivity contribution is 5.80. The first-order chi connectivity index (χ1) is 10.2. The Hall–Kier alpha value is -2.04. The van der Waals surface area contributed by atoms with Gasteiger partial charge in [-0.2, -0.15) is 0 Å². The second-order valence-electron chi connectivity index (χ2n) is 5.36. The summed E-state index contributed by atoms with van der Waals surface area (Å²) >= 11 is 0. The van der Waals surface area contributed by atoms with Crippen molar-refractivity contribution in [2.75, 3.05) is 25.5 Å². The zero-order valence-corrected chi connectivity index (χ0v) is 13.1. The number of hydrogen-bond donors (Lipinski definition) is 2. The minimum Gasteiger partial charge on any atom is -0.363 e. The maximum Gasteiger partial charge on any atom is 0.191 e. The molecule has 0 aliphatic heterocycles. The second kappa shape index (κ2) is 7.67. The quantitative estimate of drug-likeness (QED) is 0.493. The molecule has 1 aromatic rings. The van der Waals surface area contributed by atoms with Gasteiger partial charge in [-0.05, 0) is 31.9 Å². The molecule has 2 N–H and O–H groups in total. The first-order valence-electron chi connectivity index (χ1n) is 7.52. The van der Waals surface area contributed by atoms with Gasteiger partial charge in [0.15, 0.2) is 5.96 Å². The molecule has 0 saturated heterocycles. The Labute approximate surface area is 127 Å². The van der Waals surface area contributed by atoms with Gasteiger partial charge in [0.25, 0.3) is 0 Å². The summed E-state index contributed by atoms with van der Waals surface area (Å²) in [6, 6.07) is 6.50. The Morgan fingerprint density at radius 2 is 2.10 bits per heavy atom. The van der Waals surface area contributed by atoms with Crippen molar-refractivity contribution in [2.45, 2.75) is 32.4 Å². The van der Waals surface area contributed by atoms with Crippen LogP contribution in [-0.2, 0) is 6.54 Å². The zero-order valence-electron chi connectivity index (χ0n) is 13.1. The van der Waals surface area contributed by atoms with Crippen molar-refractivity contribution in [3.63, 3.8) is 0 Å².